The fourth-order valence-electron chi connectivity index (χ4n) is 2.73. The lowest BCUT2D eigenvalue weighted by molar-refractivity contribution is 0.171. The van der Waals surface area contributed by atoms with E-state index >= 15 is 0 Å². The van der Waals surface area contributed by atoms with E-state index in [9.17, 15) is 5.11 Å². The second kappa shape index (κ2) is 7.11. The molecule has 21 heavy (non-hydrogen) atoms. The molecule has 0 aromatic heterocycles. The van der Waals surface area contributed by atoms with Crippen molar-refractivity contribution in [2.24, 2.45) is 0 Å². The Morgan fingerprint density at radius 1 is 1.52 bits per heavy atom. The monoisotopic (exact) mass is 287 g/mol. The summed E-state index contributed by atoms with van der Waals surface area (Å²) in [7, 11) is 1.49. The highest BCUT2D eigenvalue weighted by Gasteiger charge is 2.25. The second-order valence-corrected chi connectivity index (χ2v) is 5.05. The van der Waals surface area contributed by atoms with Crippen molar-refractivity contribution in [3.05, 3.63) is 35.9 Å². The number of nitriles is 1. The van der Waals surface area contributed by atoms with Crippen LogP contribution in [-0.2, 0) is 0 Å². The molecule has 0 bridgehead atoms. The van der Waals surface area contributed by atoms with Crippen molar-refractivity contribution in [1.29, 1.82) is 5.26 Å². The Labute approximate surface area is 125 Å². The predicted octanol–water partition coefficient (Wildman–Crippen LogP) is 1.79. The van der Waals surface area contributed by atoms with Crippen LogP contribution in [0.5, 0.6) is 11.5 Å². The minimum absolute atomic E-state index is 0.00630. The van der Waals surface area contributed by atoms with E-state index in [2.05, 4.69) is 22.9 Å². The van der Waals surface area contributed by atoms with Crippen LogP contribution in [0.4, 0.5) is 0 Å². The highest BCUT2D eigenvalue weighted by Crippen LogP contribution is 2.38. The maximum absolute atomic E-state index is 10.4. The first kappa shape index (κ1) is 15.4. The maximum Gasteiger partial charge on any atom is 0.162 e. The third kappa shape index (κ3) is 3.35. The van der Waals surface area contributed by atoms with Crippen LogP contribution in [0.2, 0.25) is 0 Å². The molecule has 1 aromatic carbocycles. The van der Waals surface area contributed by atoms with E-state index in [4.69, 9.17) is 10.00 Å². The number of phenolic OH excluding ortho intramolecular Hbond substituents is 1. The van der Waals surface area contributed by atoms with Gasteiger partial charge in [-0.25, -0.2) is 0 Å². The van der Waals surface area contributed by atoms with Crippen molar-refractivity contribution < 1.29 is 9.84 Å². The zero-order valence-corrected chi connectivity index (χ0v) is 12.3. The smallest absolute Gasteiger partial charge is 0.162 e. The van der Waals surface area contributed by atoms with Gasteiger partial charge in [0.15, 0.2) is 11.5 Å². The van der Waals surface area contributed by atoms with Gasteiger partial charge in [-0.3, -0.25) is 4.90 Å². The Morgan fingerprint density at radius 2 is 2.24 bits per heavy atom. The van der Waals surface area contributed by atoms with Crippen molar-refractivity contribution in [3.8, 4) is 17.6 Å². The van der Waals surface area contributed by atoms with Crippen molar-refractivity contribution in [2.75, 3.05) is 33.3 Å². The molecule has 1 aliphatic heterocycles. The van der Waals surface area contributed by atoms with E-state index in [0.717, 1.165) is 31.7 Å². The van der Waals surface area contributed by atoms with Gasteiger partial charge in [-0.1, -0.05) is 6.08 Å². The van der Waals surface area contributed by atoms with Gasteiger partial charge >= 0.3 is 0 Å². The zero-order chi connectivity index (χ0) is 15.2. The van der Waals surface area contributed by atoms with Gasteiger partial charge in [-0.2, -0.15) is 5.26 Å². The molecule has 1 heterocycles. The van der Waals surface area contributed by atoms with E-state index in [1.165, 1.54) is 7.11 Å². The molecule has 1 fully saturated rings. The molecule has 1 aliphatic rings. The standard InChI is InChI=1S/C16H21N3O2/c1-3-4-14(19-7-5-18-6-8-19)13-9-12(11-17)10-15(21-2)16(13)20/h3,9-10,14,18,20H,1,4-8H2,2H3/t14-/m1/s1. The highest BCUT2D eigenvalue weighted by molar-refractivity contribution is 5.53. The zero-order valence-electron chi connectivity index (χ0n) is 12.3. The van der Waals surface area contributed by atoms with Gasteiger partial charge in [0.2, 0.25) is 0 Å². The number of hydrogen-bond donors (Lipinski definition) is 2. The van der Waals surface area contributed by atoms with Crippen LogP contribution in [0.15, 0.2) is 24.8 Å². The normalized spacial score (nSPS) is 17.0. The van der Waals surface area contributed by atoms with Crippen molar-refractivity contribution in [1.82, 2.24) is 10.2 Å². The molecule has 2 N–H and O–H groups in total. The van der Waals surface area contributed by atoms with Crippen molar-refractivity contribution in [3.63, 3.8) is 0 Å². The summed E-state index contributed by atoms with van der Waals surface area (Å²) in [5.74, 6) is 0.454. The third-order valence-corrected chi connectivity index (χ3v) is 3.79. The molecule has 0 radical (unpaired) electrons. The Balaban J connectivity index is 2.43. The first-order valence-electron chi connectivity index (χ1n) is 7.08. The van der Waals surface area contributed by atoms with Crippen molar-refractivity contribution in [2.45, 2.75) is 12.5 Å². The Hall–Kier alpha value is -2.03. The van der Waals surface area contributed by atoms with Crippen LogP contribution in [0.25, 0.3) is 0 Å². The maximum atomic E-state index is 10.4. The summed E-state index contributed by atoms with van der Waals surface area (Å²) < 4.78 is 5.19. The lowest BCUT2D eigenvalue weighted by Gasteiger charge is -2.35. The molecular formula is C16H21N3O2. The minimum atomic E-state index is 0.00630. The number of benzene rings is 1. The van der Waals surface area contributed by atoms with Gasteiger partial charge in [0, 0.05) is 43.9 Å². The lowest BCUT2D eigenvalue weighted by atomic mass is 9.97. The number of phenols is 1. The molecule has 5 heteroatoms. The van der Waals surface area contributed by atoms with Crippen LogP contribution in [-0.4, -0.2) is 43.3 Å². The number of piperazine rings is 1. The summed E-state index contributed by atoms with van der Waals surface area (Å²) in [6, 6.07) is 5.43. The summed E-state index contributed by atoms with van der Waals surface area (Å²) in [5, 5.41) is 22.9. The highest BCUT2D eigenvalue weighted by atomic mass is 16.5. The minimum Gasteiger partial charge on any atom is -0.504 e. The second-order valence-electron chi connectivity index (χ2n) is 5.05. The molecule has 5 nitrogen and oxygen atoms in total. The van der Waals surface area contributed by atoms with Crippen LogP contribution < -0.4 is 10.1 Å². The van der Waals surface area contributed by atoms with E-state index in [1.807, 2.05) is 6.08 Å². The molecule has 0 amide bonds. The summed E-state index contributed by atoms with van der Waals surface area (Å²) in [5.41, 5.74) is 1.22. The summed E-state index contributed by atoms with van der Waals surface area (Å²) in [6.45, 7) is 7.46. The third-order valence-electron chi connectivity index (χ3n) is 3.79. The van der Waals surface area contributed by atoms with E-state index in [-0.39, 0.29) is 11.8 Å². The van der Waals surface area contributed by atoms with Gasteiger partial charge < -0.3 is 15.2 Å². The van der Waals surface area contributed by atoms with Crippen LogP contribution >= 0.6 is 0 Å². The van der Waals surface area contributed by atoms with E-state index in [0.29, 0.717) is 17.7 Å². The van der Waals surface area contributed by atoms with Crippen LogP contribution in [0, 0.1) is 11.3 Å². The number of ether oxygens (including phenoxy) is 1. The average Bonchev–Trinajstić information content (AvgIpc) is 2.54. The SMILES string of the molecule is C=CC[C@H](c1cc(C#N)cc(OC)c1O)N1CCNCC1. The average molecular weight is 287 g/mol. The summed E-state index contributed by atoms with van der Waals surface area (Å²) in [6.07, 6.45) is 2.56. The molecule has 0 saturated carbocycles. The first-order chi connectivity index (χ1) is 10.2. The van der Waals surface area contributed by atoms with Gasteiger partial charge in [-0.05, 0) is 12.5 Å². The number of hydrogen-bond acceptors (Lipinski definition) is 5. The lowest BCUT2D eigenvalue weighted by Crippen LogP contribution is -2.45. The molecule has 1 atom stereocenters. The first-order valence-corrected chi connectivity index (χ1v) is 7.08. The van der Waals surface area contributed by atoms with Crippen molar-refractivity contribution >= 4 is 0 Å². The molecule has 112 valence electrons. The van der Waals surface area contributed by atoms with Gasteiger partial charge in [-0.15, -0.1) is 6.58 Å². The number of aromatic hydroxyl groups is 1. The molecule has 0 aliphatic carbocycles. The van der Waals surface area contributed by atoms with Gasteiger partial charge in [0.05, 0.1) is 18.7 Å². The molecule has 1 saturated heterocycles. The molecule has 0 spiro atoms. The van der Waals surface area contributed by atoms with Gasteiger partial charge in [0.25, 0.3) is 0 Å². The fraction of sp³-hybridized carbons (Fsp3) is 0.438. The molecule has 0 unspecified atom stereocenters. The molecule has 1 aromatic rings. The largest absolute Gasteiger partial charge is 0.504 e. The Bertz CT molecular complexity index is 545. The number of rotatable bonds is 5. The Kier molecular flexibility index (Phi) is 5.20. The topological polar surface area (TPSA) is 68.5 Å². The fourth-order valence-corrected chi connectivity index (χ4v) is 2.73. The van der Waals surface area contributed by atoms with Crippen LogP contribution in [0.1, 0.15) is 23.6 Å². The number of methoxy groups -OCH3 is 1. The number of nitrogens with one attached hydrogen (secondary N) is 1. The number of nitrogens with zero attached hydrogens (tertiary/aromatic N) is 2. The Morgan fingerprint density at radius 3 is 2.81 bits per heavy atom. The van der Waals surface area contributed by atoms with Crippen LogP contribution in [0.3, 0.4) is 0 Å². The molecule has 2 rings (SSSR count). The quantitative estimate of drug-likeness (QED) is 0.808. The molecular weight excluding hydrogens is 266 g/mol. The predicted molar refractivity (Wildman–Crippen MR) is 81.4 cm³/mol. The summed E-state index contributed by atoms with van der Waals surface area (Å²) in [4.78, 5) is 2.30. The van der Waals surface area contributed by atoms with E-state index in [1.54, 1.807) is 12.1 Å². The summed E-state index contributed by atoms with van der Waals surface area (Å²) >= 11 is 0. The van der Waals surface area contributed by atoms with E-state index < -0.39 is 0 Å². The van der Waals surface area contributed by atoms with Gasteiger partial charge in [0.1, 0.15) is 0 Å².